The Morgan fingerprint density at radius 3 is 0.939 bits per heavy atom. The minimum Gasteiger partial charge on any atom is -0.307 e. The van der Waals surface area contributed by atoms with E-state index in [1.54, 1.807) is 22.7 Å². The molecule has 5 rings (SSSR count). The average Bonchev–Trinajstić information content (AvgIpc) is 4.07. The van der Waals surface area contributed by atoms with E-state index >= 15 is 9.59 Å². The Labute approximate surface area is 427 Å². The van der Waals surface area contributed by atoms with Gasteiger partial charge in [0.1, 0.15) is 0 Å². The second kappa shape index (κ2) is 31.5. The summed E-state index contributed by atoms with van der Waals surface area (Å²) in [6.45, 7) is 10.6. The van der Waals surface area contributed by atoms with Gasteiger partial charge in [0, 0.05) is 33.3 Å². The molecule has 368 valence electrons. The van der Waals surface area contributed by atoms with Gasteiger partial charge in [-0.15, -0.1) is 22.7 Å². The Bertz CT molecular complexity index is 1860. The van der Waals surface area contributed by atoms with Crippen molar-refractivity contribution in [3.05, 3.63) is 64.2 Å². The van der Waals surface area contributed by atoms with Gasteiger partial charge >= 0.3 is 0 Å². The van der Waals surface area contributed by atoms with Crippen LogP contribution in [0.25, 0.3) is 11.1 Å². The first-order valence-corrected chi connectivity index (χ1v) is 30.6. The van der Waals surface area contributed by atoms with Crippen molar-refractivity contribution in [2.24, 2.45) is 11.8 Å². The molecule has 0 radical (unpaired) electrons. The van der Waals surface area contributed by atoms with Crippen molar-refractivity contribution in [2.45, 2.75) is 233 Å². The van der Waals surface area contributed by atoms with E-state index in [0.29, 0.717) is 11.8 Å². The van der Waals surface area contributed by atoms with Crippen LogP contribution in [0.15, 0.2) is 44.0 Å². The molecule has 2 aliphatic rings. The molecule has 0 fully saturated rings. The number of nitrogens with zero attached hydrogens (tertiary/aromatic N) is 2. The number of hydrogen-bond donors (Lipinski definition) is 0. The maximum atomic E-state index is 15.1. The van der Waals surface area contributed by atoms with Crippen LogP contribution < -0.4 is 20.2 Å². The van der Waals surface area contributed by atoms with Crippen LogP contribution in [-0.2, 0) is 9.59 Å². The van der Waals surface area contributed by atoms with E-state index in [4.69, 9.17) is 0 Å². The number of rotatable bonds is 38. The fourth-order valence-electron chi connectivity index (χ4n) is 10.6. The highest BCUT2D eigenvalue weighted by molar-refractivity contribution is 9.11. The van der Waals surface area contributed by atoms with Crippen molar-refractivity contribution in [1.82, 2.24) is 0 Å². The minimum atomic E-state index is 0.126. The molecule has 4 heterocycles. The average molecular weight is 1070 g/mol. The summed E-state index contributed by atoms with van der Waals surface area (Å²) < 4.78 is 2.06. The molecular formula is C58H88Br2N2O2S2. The molecule has 8 heteroatoms. The van der Waals surface area contributed by atoms with Gasteiger partial charge in [0.05, 0.1) is 30.1 Å². The van der Waals surface area contributed by atoms with E-state index in [-0.39, 0.29) is 11.8 Å². The van der Waals surface area contributed by atoms with Gasteiger partial charge in [-0.05, 0) is 106 Å². The van der Waals surface area contributed by atoms with Gasteiger partial charge < -0.3 is 9.80 Å². The first-order valence-electron chi connectivity index (χ1n) is 27.4. The van der Waals surface area contributed by atoms with Crippen molar-refractivity contribution in [2.75, 3.05) is 22.9 Å². The SMILES string of the molecule is CCCCCCCCCCC(CCCCCCCC)CN1C(=O)C(c2ccc(Br)s2)=c2cc3c(cc21)=C(c1ccc(Br)s1)C(=O)N3CC(CCCCCCCC)CCCCCCCCCC. The van der Waals surface area contributed by atoms with Crippen LogP contribution in [0.4, 0.5) is 11.4 Å². The Balaban J connectivity index is 1.47. The fourth-order valence-corrected chi connectivity index (χ4v) is 13.5. The molecule has 66 heavy (non-hydrogen) atoms. The van der Waals surface area contributed by atoms with E-state index < -0.39 is 0 Å². The summed E-state index contributed by atoms with van der Waals surface area (Å²) in [5.74, 6) is 1.15. The van der Waals surface area contributed by atoms with Crippen LogP contribution in [0, 0.1) is 11.8 Å². The number of carbonyl (C=O) groups is 2. The lowest BCUT2D eigenvalue weighted by Gasteiger charge is -2.27. The van der Waals surface area contributed by atoms with Crippen molar-refractivity contribution in [3.8, 4) is 0 Å². The molecule has 1 aromatic carbocycles. The lowest BCUT2D eigenvalue weighted by Crippen LogP contribution is -2.35. The van der Waals surface area contributed by atoms with E-state index in [1.165, 1.54) is 193 Å². The van der Waals surface area contributed by atoms with Crippen molar-refractivity contribution >= 4 is 88.9 Å². The Morgan fingerprint density at radius 1 is 0.409 bits per heavy atom. The van der Waals surface area contributed by atoms with Gasteiger partial charge in [0.25, 0.3) is 11.8 Å². The zero-order valence-corrected chi connectivity index (χ0v) is 46.7. The number of anilines is 2. The maximum Gasteiger partial charge on any atom is 0.260 e. The molecular weight excluding hydrogens is 981 g/mol. The predicted molar refractivity (Wildman–Crippen MR) is 297 cm³/mol. The van der Waals surface area contributed by atoms with E-state index in [2.05, 4.69) is 106 Å². The summed E-state index contributed by atoms with van der Waals surface area (Å²) in [5, 5.41) is 2.00. The van der Waals surface area contributed by atoms with Crippen molar-refractivity contribution in [3.63, 3.8) is 0 Å². The standard InChI is InChI=1S/C58H88Br2N2O2S2/c1-5-9-13-17-21-23-27-31-35-45(33-29-25-19-15-11-7-3)43-61-49-41-48-50(42-47(49)55(57(61)63)51-37-39-53(59)65-51)62(58(64)56(48)52-38-40-54(60)66-52)44-46(34-30-26-20-16-12-8-4)36-32-28-24-22-18-14-10-6-2/h37-42,45-46H,5-36,43-44H2,1-4H3. The quantitative estimate of drug-likeness (QED) is 0.0537. The molecule has 2 aromatic heterocycles. The topological polar surface area (TPSA) is 40.6 Å². The van der Waals surface area contributed by atoms with E-state index in [1.807, 2.05) is 0 Å². The van der Waals surface area contributed by atoms with Gasteiger partial charge in [0.15, 0.2) is 0 Å². The number of halogens is 2. The first kappa shape index (κ1) is 55.2. The number of benzene rings is 1. The number of fused-ring (bicyclic) bond motifs is 2. The summed E-state index contributed by atoms with van der Waals surface area (Å²) in [4.78, 5) is 36.5. The highest BCUT2D eigenvalue weighted by Gasteiger charge is 2.38. The van der Waals surface area contributed by atoms with Crippen LogP contribution in [-0.4, -0.2) is 24.9 Å². The molecule has 2 unspecified atom stereocenters. The highest BCUT2D eigenvalue weighted by atomic mass is 79.9. The lowest BCUT2D eigenvalue weighted by atomic mass is 9.93. The monoisotopic (exact) mass is 1070 g/mol. The molecule has 2 aliphatic heterocycles. The second-order valence-corrected chi connectivity index (χ2v) is 25.0. The molecule has 0 N–H and O–H groups in total. The van der Waals surface area contributed by atoms with Gasteiger partial charge in [-0.1, -0.05) is 207 Å². The zero-order chi connectivity index (χ0) is 46.9. The Hall–Kier alpha value is -1.74. The summed E-state index contributed by atoms with van der Waals surface area (Å²) in [5.41, 5.74) is 3.59. The molecule has 0 bridgehead atoms. The lowest BCUT2D eigenvalue weighted by molar-refractivity contribution is -0.114. The third-order valence-corrected chi connectivity index (χ3v) is 17.8. The molecule has 4 nitrogen and oxygen atoms in total. The second-order valence-electron chi connectivity index (χ2n) is 20.0. The van der Waals surface area contributed by atoms with Gasteiger partial charge in [0.2, 0.25) is 0 Å². The molecule has 2 amide bonds. The number of thiophene rings is 2. The predicted octanol–water partition coefficient (Wildman–Crippen LogP) is 18.2. The Morgan fingerprint density at radius 2 is 0.682 bits per heavy atom. The smallest absolute Gasteiger partial charge is 0.260 e. The highest BCUT2D eigenvalue weighted by Crippen LogP contribution is 2.38. The maximum absolute atomic E-state index is 15.1. The van der Waals surface area contributed by atoms with Gasteiger partial charge in [-0.25, -0.2) is 0 Å². The third kappa shape index (κ3) is 17.3. The molecule has 0 saturated heterocycles. The normalized spacial score (nSPS) is 14.6. The van der Waals surface area contributed by atoms with Crippen LogP contribution >= 0.6 is 54.5 Å². The number of unbranched alkanes of at least 4 members (excludes halogenated alkanes) is 24. The summed E-state index contributed by atoms with van der Waals surface area (Å²) in [6.07, 6.45) is 41.2. The van der Waals surface area contributed by atoms with Crippen LogP contribution in [0.1, 0.15) is 243 Å². The summed E-state index contributed by atoms with van der Waals surface area (Å²) >= 11 is 10.8. The summed E-state index contributed by atoms with van der Waals surface area (Å²) in [7, 11) is 0. The molecule has 0 aliphatic carbocycles. The number of carbonyl (C=O) groups excluding carboxylic acids is 2. The molecule has 0 spiro atoms. The van der Waals surface area contributed by atoms with Crippen molar-refractivity contribution < 1.29 is 9.59 Å². The van der Waals surface area contributed by atoms with Gasteiger partial charge in [-0.3, -0.25) is 9.59 Å². The third-order valence-electron chi connectivity index (χ3n) is 14.5. The zero-order valence-electron chi connectivity index (χ0n) is 41.9. The van der Waals surface area contributed by atoms with Gasteiger partial charge in [-0.2, -0.15) is 0 Å². The van der Waals surface area contributed by atoms with Crippen molar-refractivity contribution in [1.29, 1.82) is 0 Å². The molecule has 3 aromatic rings. The van der Waals surface area contributed by atoms with Crippen LogP contribution in [0.3, 0.4) is 0 Å². The van der Waals surface area contributed by atoms with E-state index in [0.717, 1.165) is 76.2 Å². The van der Waals surface area contributed by atoms with E-state index in [9.17, 15) is 0 Å². The largest absolute Gasteiger partial charge is 0.307 e. The van der Waals surface area contributed by atoms with Crippen LogP contribution in [0.5, 0.6) is 0 Å². The fraction of sp³-hybridized carbons (Fsp3) is 0.690. The number of amides is 2. The minimum absolute atomic E-state index is 0.126. The molecule has 0 saturated carbocycles. The number of hydrogen-bond acceptors (Lipinski definition) is 4. The first-order chi connectivity index (χ1) is 32.3. The van der Waals surface area contributed by atoms with Crippen LogP contribution in [0.2, 0.25) is 0 Å². The Kier molecular flexibility index (Phi) is 26.3. The molecule has 2 atom stereocenters. The summed E-state index contributed by atoms with van der Waals surface area (Å²) in [6, 6.07) is 12.9.